The van der Waals surface area contributed by atoms with Gasteiger partial charge in [-0.05, 0) is 0 Å². The van der Waals surface area contributed by atoms with E-state index in [2.05, 4.69) is 85.8 Å². The zero-order valence-corrected chi connectivity index (χ0v) is 18.7. The van der Waals surface area contributed by atoms with Crippen LogP contribution in [0.4, 0.5) is 0 Å². The fourth-order valence-electron chi connectivity index (χ4n) is 4.10. The van der Waals surface area contributed by atoms with Crippen LogP contribution < -0.4 is 15.9 Å². The Morgan fingerprint density at radius 1 is 0.586 bits per heavy atom. The van der Waals surface area contributed by atoms with E-state index in [0.29, 0.717) is 6.16 Å². The van der Waals surface area contributed by atoms with Crippen molar-refractivity contribution in [2.75, 3.05) is 0 Å². The van der Waals surface area contributed by atoms with E-state index in [0.717, 1.165) is 32.1 Å². The first-order chi connectivity index (χ1) is 14.0. The molecule has 29 heavy (non-hydrogen) atoms. The van der Waals surface area contributed by atoms with Gasteiger partial charge in [0.25, 0.3) is 0 Å². The van der Waals surface area contributed by atoms with Gasteiger partial charge < -0.3 is 0 Å². The van der Waals surface area contributed by atoms with Crippen LogP contribution in [0.2, 0.25) is 5.02 Å². The molecule has 0 nitrogen and oxygen atoms in total. The van der Waals surface area contributed by atoms with Crippen LogP contribution in [0.15, 0.2) is 109 Å². The number of halogens is 2. The van der Waals surface area contributed by atoms with Gasteiger partial charge in [0.2, 0.25) is 0 Å². The van der Waals surface area contributed by atoms with Crippen molar-refractivity contribution in [3.63, 3.8) is 0 Å². The van der Waals surface area contributed by atoms with Crippen LogP contribution in [0, 0.1) is 6.92 Å². The van der Waals surface area contributed by atoms with E-state index in [4.69, 9.17) is 22.8 Å². The summed E-state index contributed by atoms with van der Waals surface area (Å²) in [4.78, 5) is 0. The molecule has 0 N–H and O–H groups in total. The molecule has 0 atom stereocenters. The third-order valence-electron chi connectivity index (χ3n) is 5.69. The van der Waals surface area contributed by atoms with Gasteiger partial charge in [0, 0.05) is 0 Å². The molecule has 0 aliphatic rings. The third kappa shape index (κ3) is 3.40. The van der Waals surface area contributed by atoms with E-state index < -0.39 is 5.96 Å². The van der Waals surface area contributed by atoms with Gasteiger partial charge in [-0.1, -0.05) is 0 Å². The number of benzene rings is 4. The van der Waals surface area contributed by atoms with Gasteiger partial charge in [-0.25, -0.2) is 0 Å². The second-order valence-electron chi connectivity index (χ2n) is 7.38. The number of aryl methyl sites for hydroxylation is 1. The summed E-state index contributed by atoms with van der Waals surface area (Å²) in [5.74, 6) is -3.36. The second kappa shape index (κ2) is 7.96. The fourth-order valence-corrected chi connectivity index (χ4v) is 10.7. The van der Waals surface area contributed by atoms with Crippen LogP contribution in [-0.2, 0) is 6.16 Å². The molecule has 0 saturated heterocycles. The van der Waals surface area contributed by atoms with Gasteiger partial charge in [-0.3, -0.25) is 0 Å². The van der Waals surface area contributed by atoms with E-state index in [9.17, 15) is 0 Å². The van der Waals surface area contributed by atoms with Gasteiger partial charge in [0.05, 0.1) is 0 Å². The summed E-state index contributed by atoms with van der Waals surface area (Å²) >= 11 is 14.8. The molecule has 146 valence electrons. The predicted molar refractivity (Wildman–Crippen MR) is 131 cm³/mol. The third-order valence-corrected chi connectivity index (χ3v) is 13.2. The van der Waals surface area contributed by atoms with E-state index in [1.807, 2.05) is 30.3 Å². The Balaban J connectivity index is 2.13. The van der Waals surface area contributed by atoms with Crippen molar-refractivity contribution in [1.29, 1.82) is 0 Å². The normalized spacial score (nSPS) is 12.9. The van der Waals surface area contributed by atoms with Crippen LogP contribution in [-0.4, -0.2) is 0 Å². The molecule has 4 aromatic rings. The number of hydrogen-bond acceptors (Lipinski definition) is 0. The van der Waals surface area contributed by atoms with Crippen molar-refractivity contribution in [2.45, 2.75) is 13.1 Å². The van der Waals surface area contributed by atoms with Crippen LogP contribution in [0.3, 0.4) is 0 Å². The van der Waals surface area contributed by atoms with Crippen LogP contribution in [0.25, 0.3) is 0 Å². The molecule has 0 fully saturated rings. The maximum absolute atomic E-state index is 8.12. The first kappa shape index (κ1) is 20.2. The Morgan fingerprint density at radius 2 is 1.00 bits per heavy atom. The first-order valence-corrected chi connectivity index (χ1v) is 13.4. The molecule has 0 amide bonds. The molecule has 0 spiro atoms. The van der Waals surface area contributed by atoms with Gasteiger partial charge >= 0.3 is 183 Å². The molecule has 4 aromatic carbocycles. The minimum atomic E-state index is -3.36. The maximum atomic E-state index is 8.12. The van der Waals surface area contributed by atoms with Crippen LogP contribution >= 0.6 is 28.8 Å². The van der Waals surface area contributed by atoms with Crippen LogP contribution in [0.1, 0.15) is 11.1 Å². The Morgan fingerprint density at radius 3 is 1.38 bits per heavy atom. The second-order valence-corrected chi connectivity index (χ2v) is 14.3. The van der Waals surface area contributed by atoms with E-state index >= 15 is 0 Å². The van der Waals surface area contributed by atoms with Crippen molar-refractivity contribution in [1.82, 2.24) is 0 Å². The fraction of sp³-hybridized carbons (Fsp3) is 0.0769. The minimum absolute atomic E-state index is 0.663. The summed E-state index contributed by atoms with van der Waals surface area (Å²) < 4.78 is 0. The molecule has 0 bridgehead atoms. The van der Waals surface area contributed by atoms with E-state index in [1.54, 1.807) is 0 Å². The van der Waals surface area contributed by atoms with Gasteiger partial charge in [0.1, 0.15) is 0 Å². The van der Waals surface area contributed by atoms with E-state index in [-0.39, 0.29) is 0 Å². The van der Waals surface area contributed by atoms with Crippen molar-refractivity contribution in [2.24, 2.45) is 0 Å². The average Bonchev–Trinajstić information content (AvgIpc) is 2.78. The zero-order chi connectivity index (χ0) is 20.3. The summed E-state index contributed by atoms with van der Waals surface area (Å²) in [7, 11) is 0. The van der Waals surface area contributed by atoms with Gasteiger partial charge in [-0.2, -0.15) is 0 Å². The monoisotopic (exact) mass is 436 g/mol. The summed E-state index contributed by atoms with van der Waals surface area (Å²) in [5, 5.41) is 4.22. The molecular weight excluding hydrogens is 414 g/mol. The van der Waals surface area contributed by atoms with Crippen molar-refractivity contribution in [3.8, 4) is 0 Å². The predicted octanol–water partition coefficient (Wildman–Crippen LogP) is 6.83. The SMILES string of the molecule is Cc1cccc(Cl)c1CP(Cl)(c1ccccc1)(c1ccccc1)c1ccccc1. The van der Waals surface area contributed by atoms with Crippen molar-refractivity contribution in [3.05, 3.63) is 125 Å². The number of hydrogen-bond donors (Lipinski definition) is 0. The molecule has 0 radical (unpaired) electrons. The van der Waals surface area contributed by atoms with Gasteiger partial charge in [0.15, 0.2) is 0 Å². The summed E-state index contributed by atoms with van der Waals surface area (Å²) in [6.45, 7) is 2.11. The quantitative estimate of drug-likeness (QED) is 0.300. The van der Waals surface area contributed by atoms with E-state index in [1.165, 1.54) is 0 Å². The molecule has 0 saturated carbocycles. The Labute approximate surface area is 182 Å². The molecule has 4 rings (SSSR count). The average molecular weight is 437 g/mol. The Hall–Kier alpha value is -2.11. The summed E-state index contributed by atoms with van der Waals surface area (Å²) in [6.07, 6.45) is 0.663. The number of rotatable bonds is 5. The van der Waals surface area contributed by atoms with Crippen LogP contribution in [0.5, 0.6) is 0 Å². The topological polar surface area (TPSA) is 0 Å². The summed E-state index contributed by atoms with van der Waals surface area (Å²) in [6, 6.07) is 37.6. The molecule has 0 unspecified atom stereocenters. The molecule has 0 aromatic heterocycles. The summed E-state index contributed by atoms with van der Waals surface area (Å²) in [5.41, 5.74) is 2.27. The Kier molecular flexibility index (Phi) is 5.54. The molecule has 0 heterocycles. The zero-order valence-electron chi connectivity index (χ0n) is 16.3. The molecule has 0 aliphatic heterocycles. The van der Waals surface area contributed by atoms with Gasteiger partial charge in [-0.15, -0.1) is 0 Å². The van der Waals surface area contributed by atoms with Crippen molar-refractivity contribution >= 4 is 44.7 Å². The molecular formula is C26H23Cl2P. The molecule has 3 heteroatoms. The standard InChI is InChI=1S/C26H23Cl2P/c1-21-12-11-19-26(27)25(21)20-29(28,22-13-5-2-6-14-22,23-15-7-3-8-16-23)24-17-9-4-10-18-24/h2-19H,20H2,1H3. The van der Waals surface area contributed by atoms with Crippen molar-refractivity contribution < 1.29 is 0 Å². The molecule has 0 aliphatic carbocycles. The first-order valence-electron chi connectivity index (χ1n) is 9.67. The Bertz CT molecular complexity index is 990.